The fourth-order valence-electron chi connectivity index (χ4n) is 2.30. The van der Waals surface area contributed by atoms with Crippen LogP contribution in [0.3, 0.4) is 0 Å². The maximum Gasteiger partial charge on any atom is 0.416 e. The summed E-state index contributed by atoms with van der Waals surface area (Å²) < 4.78 is 43.4. The van der Waals surface area contributed by atoms with Gasteiger partial charge in [-0.25, -0.2) is 4.79 Å². The summed E-state index contributed by atoms with van der Waals surface area (Å²) in [6.07, 6.45) is -8.54. The number of carbonyl (C=O) groups is 2. The second kappa shape index (κ2) is 11.9. The van der Waals surface area contributed by atoms with E-state index < -0.39 is 35.9 Å². The SMILES string of the molecule is O=C([O-])[C@@H](O)[C@H](O)C(=O)O.[NH3+]CC[C@@H](Oc1ccc(C(F)(F)F)cc1)c1ccccc1. The lowest BCUT2D eigenvalue weighted by atomic mass is 10.1. The van der Waals surface area contributed by atoms with E-state index in [-0.39, 0.29) is 6.10 Å². The van der Waals surface area contributed by atoms with Crippen molar-refractivity contribution in [2.75, 3.05) is 6.54 Å². The number of halogens is 3. The molecule has 8 nitrogen and oxygen atoms in total. The predicted octanol–water partition coefficient (Wildman–Crippen LogP) is 0.000200. The average molecular weight is 445 g/mol. The van der Waals surface area contributed by atoms with Gasteiger partial charge in [-0.3, -0.25) is 0 Å². The van der Waals surface area contributed by atoms with E-state index in [0.29, 0.717) is 18.7 Å². The maximum absolute atomic E-state index is 12.5. The molecule has 0 saturated heterocycles. The Hall–Kier alpha value is -3.15. The van der Waals surface area contributed by atoms with Crippen LogP contribution in [0.1, 0.15) is 23.7 Å². The quantitative estimate of drug-likeness (QED) is 0.446. The van der Waals surface area contributed by atoms with Gasteiger partial charge in [0, 0.05) is 6.42 Å². The summed E-state index contributed by atoms with van der Waals surface area (Å²) in [5.41, 5.74) is 4.12. The van der Waals surface area contributed by atoms with Crippen LogP contribution >= 0.6 is 0 Å². The van der Waals surface area contributed by atoms with Crippen LogP contribution in [-0.2, 0) is 15.8 Å². The molecule has 0 radical (unpaired) electrons. The number of aliphatic hydroxyl groups excluding tert-OH is 2. The Bertz CT molecular complexity index is 811. The van der Waals surface area contributed by atoms with Crippen molar-refractivity contribution in [3.05, 3.63) is 65.7 Å². The number of carbonyl (C=O) groups excluding carboxylic acids is 1. The summed E-state index contributed by atoms with van der Waals surface area (Å²) in [5, 5.41) is 34.1. The van der Waals surface area contributed by atoms with E-state index in [2.05, 4.69) is 5.73 Å². The van der Waals surface area contributed by atoms with Crippen molar-refractivity contribution in [1.29, 1.82) is 0 Å². The van der Waals surface area contributed by atoms with Gasteiger partial charge in [-0.05, 0) is 29.8 Å². The standard InChI is InChI=1S/C16H16F3NO.C4H6O6/c17-16(18,19)13-6-8-14(9-7-13)21-15(10-11-20)12-4-2-1-3-5-12;5-1(3(7)8)2(6)4(9)10/h1-9,15H,10-11,20H2;1-2,5-6H,(H,7,8)(H,9,10)/t15-;1-,2-/m10/s1. The Balaban J connectivity index is 0.000000407. The first-order valence-corrected chi connectivity index (χ1v) is 8.95. The number of hydrogen-bond donors (Lipinski definition) is 4. The van der Waals surface area contributed by atoms with Crippen molar-refractivity contribution in [3.8, 4) is 5.75 Å². The number of rotatable bonds is 8. The normalized spacial score (nSPS) is 13.9. The number of hydrogen-bond acceptors (Lipinski definition) is 6. The summed E-state index contributed by atoms with van der Waals surface area (Å²) in [6.45, 7) is 0.681. The Kier molecular flexibility index (Phi) is 9.93. The highest BCUT2D eigenvalue weighted by molar-refractivity contribution is 5.82. The molecule has 0 saturated carbocycles. The molecule has 0 aromatic heterocycles. The molecule has 0 unspecified atom stereocenters. The Morgan fingerprint density at radius 2 is 1.55 bits per heavy atom. The third kappa shape index (κ3) is 8.62. The number of aliphatic carboxylic acids is 2. The van der Waals surface area contributed by atoms with E-state index in [1.54, 1.807) is 0 Å². The molecule has 0 fully saturated rings. The van der Waals surface area contributed by atoms with Gasteiger partial charge in [0.05, 0.1) is 18.1 Å². The second-order valence-electron chi connectivity index (χ2n) is 6.23. The molecule has 31 heavy (non-hydrogen) atoms. The molecule has 0 spiro atoms. The van der Waals surface area contributed by atoms with Crippen LogP contribution in [0.5, 0.6) is 5.75 Å². The first-order chi connectivity index (χ1) is 14.5. The highest BCUT2D eigenvalue weighted by Crippen LogP contribution is 2.31. The van der Waals surface area contributed by atoms with Crippen LogP contribution in [0.15, 0.2) is 54.6 Å². The van der Waals surface area contributed by atoms with Crippen molar-refractivity contribution < 1.29 is 53.7 Å². The molecular weight excluding hydrogens is 423 g/mol. The Morgan fingerprint density at radius 1 is 1.00 bits per heavy atom. The molecule has 2 rings (SSSR count). The highest BCUT2D eigenvalue weighted by atomic mass is 19.4. The Labute approximate surface area is 175 Å². The lowest BCUT2D eigenvalue weighted by molar-refractivity contribution is -0.370. The fourth-order valence-corrected chi connectivity index (χ4v) is 2.30. The van der Waals surface area contributed by atoms with Gasteiger partial charge in [-0.1, -0.05) is 30.3 Å². The lowest BCUT2D eigenvalue weighted by Crippen LogP contribution is -2.50. The third-order valence-electron chi connectivity index (χ3n) is 3.89. The van der Waals surface area contributed by atoms with E-state index in [1.165, 1.54) is 12.1 Å². The van der Waals surface area contributed by atoms with Crippen molar-refractivity contribution in [3.63, 3.8) is 0 Å². The molecule has 0 amide bonds. The van der Waals surface area contributed by atoms with Gasteiger partial charge in [0.1, 0.15) is 18.0 Å². The van der Waals surface area contributed by atoms with Crippen LogP contribution in [0.25, 0.3) is 0 Å². The summed E-state index contributed by atoms with van der Waals surface area (Å²) in [7, 11) is 0. The molecule has 2 aromatic rings. The number of benzene rings is 2. The summed E-state index contributed by atoms with van der Waals surface area (Å²) in [6, 6.07) is 14.3. The summed E-state index contributed by atoms with van der Waals surface area (Å²) in [5.74, 6) is -3.41. The van der Waals surface area contributed by atoms with E-state index in [9.17, 15) is 27.9 Å². The third-order valence-corrected chi connectivity index (χ3v) is 3.89. The van der Waals surface area contributed by atoms with Gasteiger partial charge < -0.3 is 35.7 Å². The Morgan fingerprint density at radius 3 is 1.94 bits per heavy atom. The first kappa shape index (κ1) is 25.9. The predicted molar refractivity (Wildman–Crippen MR) is 98.3 cm³/mol. The van der Waals surface area contributed by atoms with E-state index in [0.717, 1.165) is 17.7 Å². The zero-order chi connectivity index (χ0) is 23.6. The molecule has 0 aliphatic heterocycles. The number of aliphatic hydroxyl groups is 2. The average Bonchev–Trinajstić information content (AvgIpc) is 2.73. The molecule has 3 atom stereocenters. The number of ether oxygens (including phenoxy) is 1. The zero-order valence-electron chi connectivity index (χ0n) is 16.2. The number of carboxylic acids is 2. The second-order valence-corrected chi connectivity index (χ2v) is 6.23. The van der Waals surface area contributed by atoms with Crippen molar-refractivity contribution >= 4 is 11.9 Å². The van der Waals surface area contributed by atoms with Crippen molar-refractivity contribution in [2.45, 2.75) is 30.9 Å². The molecule has 0 aliphatic carbocycles. The van der Waals surface area contributed by atoms with Crippen LogP contribution < -0.4 is 15.6 Å². The van der Waals surface area contributed by atoms with Crippen LogP contribution in [0.4, 0.5) is 13.2 Å². The first-order valence-electron chi connectivity index (χ1n) is 8.95. The molecule has 170 valence electrons. The van der Waals surface area contributed by atoms with Crippen LogP contribution in [-0.4, -0.2) is 46.0 Å². The summed E-state index contributed by atoms with van der Waals surface area (Å²) >= 11 is 0. The largest absolute Gasteiger partial charge is 0.547 e. The summed E-state index contributed by atoms with van der Waals surface area (Å²) in [4.78, 5) is 19.4. The highest BCUT2D eigenvalue weighted by Gasteiger charge is 2.30. The monoisotopic (exact) mass is 445 g/mol. The zero-order valence-corrected chi connectivity index (χ0v) is 16.2. The van der Waals surface area contributed by atoms with E-state index in [4.69, 9.17) is 20.1 Å². The number of quaternary nitrogens is 1. The molecule has 11 heteroatoms. The molecular formula is C20H22F3NO7. The minimum atomic E-state index is -4.33. The molecule has 0 heterocycles. The van der Waals surface area contributed by atoms with Gasteiger partial charge in [0.25, 0.3) is 0 Å². The van der Waals surface area contributed by atoms with Crippen molar-refractivity contribution in [1.82, 2.24) is 0 Å². The molecule has 0 bridgehead atoms. The van der Waals surface area contributed by atoms with Crippen LogP contribution in [0, 0.1) is 0 Å². The number of carboxylic acid groups (broad SMARTS) is 2. The molecule has 2 aromatic carbocycles. The topological polar surface area (TPSA) is 155 Å². The molecule has 0 aliphatic rings. The van der Waals surface area contributed by atoms with Gasteiger partial charge in [0.2, 0.25) is 0 Å². The molecule has 6 N–H and O–H groups in total. The number of alkyl halides is 3. The smallest absolute Gasteiger partial charge is 0.416 e. The fraction of sp³-hybridized carbons (Fsp3) is 0.300. The van der Waals surface area contributed by atoms with Gasteiger partial charge in [0.15, 0.2) is 6.10 Å². The lowest BCUT2D eigenvalue weighted by Gasteiger charge is -2.18. The minimum absolute atomic E-state index is 0.208. The van der Waals surface area contributed by atoms with Gasteiger partial charge in [-0.15, -0.1) is 0 Å². The van der Waals surface area contributed by atoms with E-state index in [1.807, 2.05) is 30.3 Å². The van der Waals surface area contributed by atoms with Gasteiger partial charge in [-0.2, -0.15) is 13.2 Å². The van der Waals surface area contributed by atoms with Crippen molar-refractivity contribution in [2.24, 2.45) is 0 Å². The minimum Gasteiger partial charge on any atom is -0.547 e. The van der Waals surface area contributed by atoms with Crippen LogP contribution in [0.2, 0.25) is 0 Å². The maximum atomic E-state index is 12.5. The van der Waals surface area contributed by atoms with Gasteiger partial charge >= 0.3 is 12.1 Å². The van der Waals surface area contributed by atoms with E-state index >= 15 is 0 Å².